The van der Waals surface area contributed by atoms with Gasteiger partial charge in [0, 0.05) is 13.2 Å². The van der Waals surface area contributed by atoms with Crippen molar-refractivity contribution in [2.24, 2.45) is 11.7 Å². The zero-order chi connectivity index (χ0) is 11.6. The van der Waals surface area contributed by atoms with Crippen molar-refractivity contribution in [3.05, 3.63) is 0 Å². The first-order valence-electron chi connectivity index (χ1n) is 6.32. The van der Waals surface area contributed by atoms with Crippen LogP contribution in [0.4, 0.5) is 0 Å². The molecular formula is C12H22N2O2. The van der Waals surface area contributed by atoms with Gasteiger partial charge >= 0.3 is 0 Å². The Hall–Kier alpha value is -0.610. The van der Waals surface area contributed by atoms with Crippen LogP contribution in [-0.4, -0.2) is 30.7 Å². The van der Waals surface area contributed by atoms with E-state index in [2.05, 4.69) is 12.2 Å². The van der Waals surface area contributed by atoms with E-state index in [0.717, 1.165) is 45.3 Å². The van der Waals surface area contributed by atoms with Gasteiger partial charge in [-0.25, -0.2) is 0 Å². The first kappa shape index (κ1) is 11.9. The first-order chi connectivity index (χ1) is 7.65. The lowest BCUT2D eigenvalue weighted by molar-refractivity contribution is -0.125. The highest BCUT2D eigenvalue weighted by Gasteiger charge is 2.45. The standard InChI is InChI=1S/C12H22N2O2/c1-9-4-2-6-12(9,11(13)15)14-8-10-5-3-7-16-10/h9-10,14H,2-8H2,1H3,(H2,13,15). The van der Waals surface area contributed by atoms with Crippen molar-refractivity contribution in [3.63, 3.8) is 0 Å². The molecule has 4 heteroatoms. The van der Waals surface area contributed by atoms with Gasteiger partial charge in [-0.1, -0.05) is 13.3 Å². The van der Waals surface area contributed by atoms with E-state index in [-0.39, 0.29) is 12.0 Å². The number of carbonyl (C=O) groups excluding carboxylic acids is 1. The Bertz CT molecular complexity index is 264. The molecule has 4 nitrogen and oxygen atoms in total. The molecule has 1 aliphatic carbocycles. The molecule has 0 aromatic rings. The minimum atomic E-state index is -0.480. The van der Waals surface area contributed by atoms with Crippen molar-refractivity contribution >= 4 is 5.91 Å². The van der Waals surface area contributed by atoms with Crippen molar-refractivity contribution < 1.29 is 9.53 Å². The van der Waals surface area contributed by atoms with E-state index in [0.29, 0.717) is 5.92 Å². The molecule has 0 bridgehead atoms. The fraction of sp³-hybridized carbons (Fsp3) is 0.917. The number of nitrogens with one attached hydrogen (secondary N) is 1. The van der Waals surface area contributed by atoms with E-state index in [1.807, 2.05) is 0 Å². The normalized spacial score (nSPS) is 39.1. The highest BCUT2D eigenvalue weighted by atomic mass is 16.5. The average molecular weight is 226 g/mol. The maximum Gasteiger partial charge on any atom is 0.238 e. The number of hydrogen-bond donors (Lipinski definition) is 2. The average Bonchev–Trinajstić information content (AvgIpc) is 2.85. The molecule has 0 aromatic carbocycles. The van der Waals surface area contributed by atoms with Crippen LogP contribution in [0.1, 0.15) is 39.0 Å². The summed E-state index contributed by atoms with van der Waals surface area (Å²) in [5.41, 5.74) is 5.09. The zero-order valence-corrected chi connectivity index (χ0v) is 10.00. The van der Waals surface area contributed by atoms with E-state index >= 15 is 0 Å². The smallest absolute Gasteiger partial charge is 0.238 e. The topological polar surface area (TPSA) is 64.3 Å². The van der Waals surface area contributed by atoms with Gasteiger partial charge in [0.15, 0.2) is 0 Å². The molecule has 3 unspecified atom stereocenters. The van der Waals surface area contributed by atoms with Crippen molar-refractivity contribution in [2.45, 2.75) is 50.7 Å². The quantitative estimate of drug-likeness (QED) is 0.745. The molecule has 92 valence electrons. The molecule has 1 aliphatic heterocycles. The predicted molar refractivity (Wildman–Crippen MR) is 61.9 cm³/mol. The van der Waals surface area contributed by atoms with Gasteiger partial charge in [0.2, 0.25) is 5.91 Å². The monoisotopic (exact) mass is 226 g/mol. The van der Waals surface area contributed by atoms with Crippen LogP contribution < -0.4 is 11.1 Å². The van der Waals surface area contributed by atoms with Gasteiger partial charge in [0.25, 0.3) is 0 Å². The summed E-state index contributed by atoms with van der Waals surface area (Å²) in [5.74, 6) is 0.141. The largest absolute Gasteiger partial charge is 0.377 e. The fourth-order valence-electron chi connectivity index (χ4n) is 3.00. The molecule has 2 fully saturated rings. The molecule has 16 heavy (non-hydrogen) atoms. The summed E-state index contributed by atoms with van der Waals surface area (Å²) in [6.45, 7) is 3.72. The second kappa shape index (κ2) is 4.72. The van der Waals surface area contributed by atoms with Crippen LogP contribution in [0.25, 0.3) is 0 Å². The molecule has 1 heterocycles. The maximum absolute atomic E-state index is 11.7. The SMILES string of the molecule is CC1CCCC1(NCC1CCCO1)C(N)=O. The summed E-state index contributed by atoms with van der Waals surface area (Å²) in [7, 11) is 0. The first-order valence-corrected chi connectivity index (χ1v) is 6.32. The molecule has 2 aliphatic rings. The highest BCUT2D eigenvalue weighted by molar-refractivity contribution is 5.85. The summed E-state index contributed by atoms with van der Waals surface area (Å²) >= 11 is 0. The van der Waals surface area contributed by atoms with Crippen LogP contribution in [0.15, 0.2) is 0 Å². The van der Waals surface area contributed by atoms with E-state index in [1.165, 1.54) is 0 Å². The van der Waals surface area contributed by atoms with Crippen molar-refractivity contribution in [3.8, 4) is 0 Å². The summed E-state index contributed by atoms with van der Waals surface area (Å²) in [6, 6.07) is 0. The lowest BCUT2D eigenvalue weighted by Gasteiger charge is -2.32. The van der Waals surface area contributed by atoms with Crippen molar-refractivity contribution in [1.82, 2.24) is 5.32 Å². The van der Waals surface area contributed by atoms with Crippen molar-refractivity contribution in [1.29, 1.82) is 0 Å². The molecule has 1 saturated carbocycles. The van der Waals surface area contributed by atoms with Crippen LogP contribution in [0.2, 0.25) is 0 Å². The number of ether oxygens (including phenoxy) is 1. The molecule has 0 aromatic heterocycles. The molecule has 3 atom stereocenters. The number of hydrogen-bond acceptors (Lipinski definition) is 3. The Morgan fingerprint density at radius 1 is 1.50 bits per heavy atom. The zero-order valence-electron chi connectivity index (χ0n) is 10.00. The fourth-order valence-corrected chi connectivity index (χ4v) is 3.00. The molecule has 1 amide bonds. The molecule has 3 N–H and O–H groups in total. The predicted octanol–water partition coefficient (Wildman–Crippen LogP) is 0.799. The third-order valence-corrected chi connectivity index (χ3v) is 4.16. The number of nitrogens with two attached hydrogens (primary N) is 1. The summed E-state index contributed by atoms with van der Waals surface area (Å²) in [5, 5.41) is 3.39. The Kier molecular flexibility index (Phi) is 3.50. The third-order valence-electron chi connectivity index (χ3n) is 4.16. The Labute approximate surface area is 96.9 Å². The molecule has 0 radical (unpaired) electrons. The second-order valence-electron chi connectivity index (χ2n) is 5.14. The Balaban J connectivity index is 1.94. The third kappa shape index (κ3) is 2.09. The van der Waals surface area contributed by atoms with Crippen LogP contribution in [-0.2, 0) is 9.53 Å². The highest BCUT2D eigenvalue weighted by Crippen LogP contribution is 2.35. The maximum atomic E-state index is 11.7. The van der Waals surface area contributed by atoms with E-state index in [1.54, 1.807) is 0 Å². The summed E-state index contributed by atoms with van der Waals surface area (Å²) < 4.78 is 5.56. The molecule has 0 spiro atoms. The van der Waals surface area contributed by atoms with E-state index in [9.17, 15) is 4.79 Å². The number of carbonyl (C=O) groups is 1. The number of primary amides is 1. The van der Waals surface area contributed by atoms with Gasteiger partial charge in [-0.2, -0.15) is 0 Å². The van der Waals surface area contributed by atoms with Crippen LogP contribution in [0, 0.1) is 5.92 Å². The van der Waals surface area contributed by atoms with Crippen LogP contribution >= 0.6 is 0 Å². The molecule has 2 rings (SSSR count). The van der Waals surface area contributed by atoms with Gasteiger partial charge in [-0.05, 0) is 31.6 Å². The minimum absolute atomic E-state index is 0.199. The lowest BCUT2D eigenvalue weighted by Crippen LogP contribution is -2.58. The molecular weight excluding hydrogens is 204 g/mol. The Morgan fingerprint density at radius 2 is 2.31 bits per heavy atom. The Morgan fingerprint density at radius 3 is 2.81 bits per heavy atom. The van der Waals surface area contributed by atoms with Gasteiger partial charge in [-0.3, -0.25) is 4.79 Å². The van der Waals surface area contributed by atoms with E-state index < -0.39 is 5.54 Å². The summed E-state index contributed by atoms with van der Waals surface area (Å²) in [6.07, 6.45) is 5.53. The number of amides is 1. The van der Waals surface area contributed by atoms with Gasteiger partial charge in [0.1, 0.15) is 5.54 Å². The number of rotatable bonds is 4. The van der Waals surface area contributed by atoms with Crippen LogP contribution in [0.3, 0.4) is 0 Å². The van der Waals surface area contributed by atoms with Crippen LogP contribution in [0.5, 0.6) is 0 Å². The minimum Gasteiger partial charge on any atom is -0.377 e. The lowest BCUT2D eigenvalue weighted by atomic mass is 9.87. The van der Waals surface area contributed by atoms with Gasteiger partial charge in [-0.15, -0.1) is 0 Å². The van der Waals surface area contributed by atoms with E-state index in [4.69, 9.17) is 10.5 Å². The van der Waals surface area contributed by atoms with Crippen molar-refractivity contribution in [2.75, 3.05) is 13.2 Å². The van der Waals surface area contributed by atoms with Gasteiger partial charge < -0.3 is 15.8 Å². The van der Waals surface area contributed by atoms with Gasteiger partial charge in [0.05, 0.1) is 6.10 Å². The molecule has 1 saturated heterocycles. The summed E-state index contributed by atoms with van der Waals surface area (Å²) in [4.78, 5) is 11.7. The second-order valence-corrected chi connectivity index (χ2v) is 5.14.